The molecule has 1 atom stereocenters. The maximum absolute atomic E-state index is 14.0. The van der Waals surface area contributed by atoms with E-state index in [1.165, 1.54) is 13.1 Å². The average Bonchev–Trinajstić information content (AvgIpc) is 2.48. The van der Waals surface area contributed by atoms with Crippen molar-refractivity contribution in [3.8, 4) is 0 Å². The molecule has 7 heteroatoms. The number of aryl methyl sites for hydroxylation is 1. The number of carbonyl (C=O) groups is 4. The number of rotatable bonds is 3. The molecule has 1 heterocycles. The summed E-state index contributed by atoms with van der Waals surface area (Å²) in [5, 5.41) is 2.14. The lowest BCUT2D eigenvalue weighted by molar-refractivity contribution is -0.136. The van der Waals surface area contributed by atoms with E-state index in [0.29, 0.717) is 11.8 Å². The van der Waals surface area contributed by atoms with Crippen molar-refractivity contribution in [2.24, 2.45) is 0 Å². The molecule has 0 saturated carbocycles. The van der Waals surface area contributed by atoms with Crippen LogP contribution < -0.4 is 5.32 Å². The maximum Gasteiger partial charge on any atom is 0.257 e. The molecule has 1 fully saturated rings. The third-order valence-corrected chi connectivity index (χ3v) is 3.74. The van der Waals surface area contributed by atoms with Gasteiger partial charge >= 0.3 is 0 Å². The molecular weight excluding hydrogens is 291 g/mol. The summed E-state index contributed by atoms with van der Waals surface area (Å²) in [5.74, 6) is -2.60. The smallest absolute Gasteiger partial charge is 0.257 e. The van der Waals surface area contributed by atoms with Crippen LogP contribution in [0.2, 0.25) is 0 Å². The van der Waals surface area contributed by atoms with Gasteiger partial charge in [-0.1, -0.05) is 6.07 Å². The van der Waals surface area contributed by atoms with Crippen molar-refractivity contribution in [2.75, 3.05) is 7.05 Å². The minimum Gasteiger partial charge on any atom is -0.330 e. The zero-order chi connectivity index (χ0) is 16.4. The first-order chi connectivity index (χ1) is 10.4. The van der Waals surface area contributed by atoms with Gasteiger partial charge in [-0.25, -0.2) is 4.39 Å². The van der Waals surface area contributed by atoms with Gasteiger partial charge in [0.05, 0.1) is 5.56 Å². The molecule has 1 saturated heterocycles. The lowest BCUT2D eigenvalue weighted by Crippen LogP contribution is -2.53. The SMILES string of the molecule is Cc1ccc(F)c(C(=O)N(C)C2CCC(=O)NC2=O)c1C=O. The third-order valence-electron chi connectivity index (χ3n) is 3.74. The van der Waals surface area contributed by atoms with Gasteiger partial charge in [0.15, 0.2) is 6.29 Å². The van der Waals surface area contributed by atoms with E-state index < -0.39 is 29.6 Å². The maximum atomic E-state index is 14.0. The fourth-order valence-corrected chi connectivity index (χ4v) is 2.44. The number of amides is 3. The van der Waals surface area contributed by atoms with E-state index in [9.17, 15) is 23.6 Å². The first-order valence-corrected chi connectivity index (χ1v) is 6.72. The van der Waals surface area contributed by atoms with Gasteiger partial charge in [-0.05, 0) is 25.0 Å². The molecule has 116 valence electrons. The fourth-order valence-electron chi connectivity index (χ4n) is 2.44. The van der Waals surface area contributed by atoms with E-state index >= 15 is 0 Å². The van der Waals surface area contributed by atoms with Crippen LogP contribution in [0.5, 0.6) is 0 Å². The summed E-state index contributed by atoms with van der Waals surface area (Å²) in [6.45, 7) is 1.59. The summed E-state index contributed by atoms with van der Waals surface area (Å²) in [6, 6.07) is 1.64. The number of hydrogen-bond donors (Lipinski definition) is 1. The standard InChI is InChI=1S/C15H15FN2O4/c1-8-3-4-10(16)13(9(8)7-19)15(22)18(2)11-5-6-12(20)17-14(11)21/h3-4,7,11H,5-6H2,1-2H3,(H,17,20,21). The molecule has 0 bridgehead atoms. The first kappa shape index (κ1) is 15.8. The van der Waals surface area contributed by atoms with Gasteiger partial charge in [0.2, 0.25) is 11.8 Å². The van der Waals surface area contributed by atoms with Gasteiger partial charge in [0.25, 0.3) is 5.91 Å². The minimum absolute atomic E-state index is 0.0378. The van der Waals surface area contributed by atoms with Gasteiger partial charge in [0.1, 0.15) is 11.9 Å². The molecule has 1 aliphatic heterocycles. The largest absolute Gasteiger partial charge is 0.330 e. The van der Waals surface area contributed by atoms with E-state index in [2.05, 4.69) is 5.32 Å². The van der Waals surface area contributed by atoms with Crippen LogP contribution in [-0.4, -0.2) is 42.0 Å². The second-order valence-corrected chi connectivity index (χ2v) is 5.15. The van der Waals surface area contributed by atoms with Crippen LogP contribution in [0.3, 0.4) is 0 Å². The number of carbonyl (C=O) groups excluding carboxylic acids is 4. The lowest BCUT2D eigenvalue weighted by atomic mass is 9.99. The average molecular weight is 306 g/mol. The Bertz CT molecular complexity index is 672. The lowest BCUT2D eigenvalue weighted by Gasteiger charge is -2.30. The number of halogens is 1. The topological polar surface area (TPSA) is 83.6 Å². The van der Waals surface area contributed by atoms with Crippen molar-refractivity contribution in [1.29, 1.82) is 0 Å². The molecule has 0 radical (unpaired) electrons. The normalized spacial score (nSPS) is 17.9. The van der Waals surface area contributed by atoms with Gasteiger partial charge in [-0.15, -0.1) is 0 Å². The molecule has 22 heavy (non-hydrogen) atoms. The predicted molar refractivity (Wildman–Crippen MR) is 74.8 cm³/mol. The number of aldehydes is 1. The quantitative estimate of drug-likeness (QED) is 0.662. The van der Waals surface area contributed by atoms with E-state index in [1.54, 1.807) is 6.92 Å². The molecule has 0 aromatic heterocycles. The van der Waals surface area contributed by atoms with Crippen LogP contribution >= 0.6 is 0 Å². The predicted octanol–water partition coefficient (Wildman–Crippen LogP) is 0.824. The number of imide groups is 1. The summed E-state index contributed by atoms with van der Waals surface area (Å²) in [4.78, 5) is 47.6. The fraction of sp³-hybridized carbons (Fsp3) is 0.333. The molecular formula is C15H15FN2O4. The van der Waals surface area contributed by atoms with Crippen molar-refractivity contribution < 1.29 is 23.6 Å². The Labute approximate surface area is 126 Å². The second-order valence-electron chi connectivity index (χ2n) is 5.15. The molecule has 1 aromatic rings. The number of hydrogen-bond acceptors (Lipinski definition) is 4. The van der Waals surface area contributed by atoms with Crippen molar-refractivity contribution in [2.45, 2.75) is 25.8 Å². The van der Waals surface area contributed by atoms with E-state index in [-0.39, 0.29) is 24.0 Å². The molecule has 1 unspecified atom stereocenters. The van der Waals surface area contributed by atoms with Gasteiger partial charge < -0.3 is 4.90 Å². The van der Waals surface area contributed by atoms with Crippen LogP contribution in [-0.2, 0) is 9.59 Å². The zero-order valence-corrected chi connectivity index (χ0v) is 12.2. The van der Waals surface area contributed by atoms with Crippen LogP contribution in [0.15, 0.2) is 12.1 Å². The Morgan fingerprint density at radius 3 is 2.68 bits per heavy atom. The van der Waals surface area contributed by atoms with Crippen LogP contribution in [0, 0.1) is 12.7 Å². The number of piperidine rings is 1. The Kier molecular flexibility index (Phi) is 4.35. The van der Waals surface area contributed by atoms with Crippen LogP contribution in [0.4, 0.5) is 4.39 Å². The Hall–Kier alpha value is -2.57. The van der Waals surface area contributed by atoms with Gasteiger partial charge in [0, 0.05) is 19.0 Å². The van der Waals surface area contributed by atoms with Gasteiger partial charge in [-0.2, -0.15) is 0 Å². The Balaban J connectivity index is 2.36. The van der Waals surface area contributed by atoms with Crippen LogP contribution in [0.25, 0.3) is 0 Å². The summed E-state index contributed by atoms with van der Waals surface area (Å²) in [6.07, 6.45) is 0.686. The Morgan fingerprint density at radius 2 is 2.09 bits per heavy atom. The molecule has 3 amide bonds. The zero-order valence-electron chi connectivity index (χ0n) is 12.2. The monoisotopic (exact) mass is 306 g/mol. The second kappa shape index (κ2) is 6.05. The highest BCUT2D eigenvalue weighted by Crippen LogP contribution is 2.21. The highest BCUT2D eigenvalue weighted by molar-refractivity contribution is 6.06. The van der Waals surface area contributed by atoms with E-state index in [0.717, 1.165) is 11.0 Å². The van der Waals surface area contributed by atoms with Crippen LogP contribution in [0.1, 0.15) is 39.1 Å². The Morgan fingerprint density at radius 1 is 1.41 bits per heavy atom. The van der Waals surface area contributed by atoms with Gasteiger partial charge in [-0.3, -0.25) is 24.5 Å². The van der Waals surface area contributed by atoms with Crippen molar-refractivity contribution >= 4 is 24.0 Å². The van der Waals surface area contributed by atoms with E-state index in [4.69, 9.17) is 0 Å². The minimum atomic E-state index is -0.871. The molecule has 1 aliphatic rings. The van der Waals surface area contributed by atoms with Crippen molar-refractivity contribution in [1.82, 2.24) is 10.2 Å². The summed E-state index contributed by atoms with van der Waals surface area (Å²) < 4.78 is 14.0. The van der Waals surface area contributed by atoms with Crippen molar-refractivity contribution in [3.05, 3.63) is 34.6 Å². The number of nitrogens with one attached hydrogen (secondary N) is 1. The number of nitrogens with zero attached hydrogens (tertiary/aromatic N) is 1. The highest BCUT2D eigenvalue weighted by Gasteiger charge is 2.34. The molecule has 1 N–H and O–H groups in total. The third kappa shape index (κ3) is 2.74. The summed E-state index contributed by atoms with van der Waals surface area (Å²) in [7, 11) is 1.35. The molecule has 6 nitrogen and oxygen atoms in total. The first-order valence-electron chi connectivity index (χ1n) is 6.72. The molecule has 0 spiro atoms. The number of benzene rings is 1. The number of likely N-dealkylation sites (N-methyl/N-ethyl adjacent to an activating group) is 1. The molecule has 2 rings (SSSR count). The highest BCUT2D eigenvalue weighted by atomic mass is 19.1. The summed E-state index contributed by atoms with van der Waals surface area (Å²) >= 11 is 0. The summed E-state index contributed by atoms with van der Waals surface area (Å²) in [5.41, 5.74) is 0.0720. The van der Waals surface area contributed by atoms with Crippen molar-refractivity contribution in [3.63, 3.8) is 0 Å². The van der Waals surface area contributed by atoms with E-state index in [1.807, 2.05) is 0 Å². The molecule has 0 aliphatic carbocycles. The molecule has 1 aromatic carbocycles.